The molecule has 0 aliphatic rings. The summed E-state index contributed by atoms with van der Waals surface area (Å²) >= 11 is 0. The molecule has 0 bridgehead atoms. The third kappa shape index (κ3) is 2.73. The fourth-order valence-corrected chi connectivity index (χ4v) is 2.12. The van der Waals surface area contributed by atoms with Crippen LogP contribution in [0.25, 0.3) is 10.8 Å². The van der Waals surface area contributed by atoms with Gasteiger partial charge < -0.3 is 10.6 Å². The smallest absolute Gasteiger partial charge is 0.311 e. The highest BCUT2D eigenvalue weighted by Gasteiger charge is 2.18. The number of benzene rings is 2. The van der Waals surface area contributed by atoms with Crippen LogP contribution in [-0.2, 0) is 16.1 Å². The molecule has 0 fully saturated rings. The molecule has 2 amide bonds. The van der Waals surface area contributed by atoms with Crippen LogP contribution >= 0.6 is 0 Å². The van der Waals surface area contributed by atoms with Gasteiger partial charge >= 0.3 is 11.8 Å². The molecule has 0 heterocycles. The summed E-state index contributed by atoms with van der Waals surface area (Å²) in [6.07, 6.45) is 0. The minimum Gasteiger partial charge on any atom is -0.361 e. The van der Waals surface area contributed by atoms with Gasteiger partial charge in [0.1, 0.15) is 0 Å². The van der Waals surface area contributed by atoms with E-state index in [1.54, 1.807) is 0 Å². The topological polar surface area (TPSA) is 63.4 Å². The average Bonchev–Trinajstić information content (AvgIpc) is 2.44. The van der Waals surface area contributed by atoms with Gasteiger partial charge in [0.15, 0.2) is 0 Å². The van der Waals surface area contributed by atoms with Crippen LogP contribution in [0.4, 0.5) is 0 Å². The predicted octanol–water partition coefficient (Wildman–Crippen LogP) is 1.67. The molecule has 0 aliphatic carbocycles. The van der Waals surface area contributed by atoms with Gasteiger partial charge in [-0.2, -0.15) is 0 Å². The number of rotatable bonds is 3. The average molecular weight is 256 g/mol. The van der Waals surface area contributed by atoms with E-state index < -0.39 is 11.8 Å². The zero-order valence-corrected chi connectivity index (χ0v) is 10.8. The summed E-state index contributed by atoms with van der Waals surface area (Å²) in [5.74, 6) is -1.56. The van der Waals surface area contributed by atoms with Crippen molar-refractivity contribution in [1.29, 1.82) is 0 Å². The van der Waals surface area contributed by atoms with Crippen LogP contribution in [0, 0.1) is 0 Å². The van der Waals surface area contributed by atoms with Crippen molar-refractivity contribution in [2.45, 2.75) is 13.5 Å². The van der Waals surface area contributed by atoms with Gasteiger partial charge in [-0.1, -0.05) is 42.5 Å². The number of hydrogen-bond donors (Lipinski definition) is 1. The van der Waals surface area contributed by atoms with E-state index >= 15 is 0 Å². The van der Waals surface area contributed by atoms with Crippen LogP contribution in [0.1, 0.15) is 12.5 Å². The normalized spacial score (nSPS) is 10.4. The standard InChI is InChI=1S/C15H16N2O2/c1-2-17(15(19)14(16)18)10-12-8-5-7-11-6-3-4-9-13(11)12/h3-9H,2,10H2,1H3,(H2,16,18). The van der Waals surface area contributed by atoms with Crippen LogP contribution in [-0.4, -0.2) is 23.3 Å². The van der Waals surface area contributed by atoms with E-state index in [1.165, 1.54) is 4.90 Å². The highest BCUT2D eigenvalue weighted by atomic mass is 16.2. The number of fused-ring (bicyclic) bond motifs is 1. The molecule has 0 radical (unpaired) electrons. The lowest BCUT2D eigenvalue weighted by atomic mass is 10.0. The summed E-state index contributed by atoms with van der Waals surface area (Å²) in [7, 11) is 0. The fourth-order valence-electron chi connectivity index (χ4n) is 2.12. The quantitative estimate of drug-likeness (QED) is 0.849. The van der Waals surface area contributed by atoms with E-state index in [1.807, 2.05) is 49.4 Å². The van der Waals surface area contributed by atoms with Crippen LogP contribution in [0.2, 0.25) is 0 Å². The molecule has 0 atom stereocenters. The SMILES string of the molecule is CCN(Cc1cccc2ccccc12)C(=O)C(N)=O. The van der Waals surface area contributed by atoms with Gasteiger partial charge in [0, 0.05) is 13.1 Å². The first-order valence-corrected chi connectivity index (χ1v) is 6.19. The van der Waals surface area contributed by atoms with Crippen molar-refractivity contribution in [3.8, 4) is 0 Å². The van der Waals surface area contributed by atoms with Gasteiger partial charge in [0.2, 0.25) is 0 Å². The summed E-state index contributed by atoms with van der Waals surface area (Å²) in [4.78, 5) is 24.1. The molecular weight excluding hydrogens is 240 g/mol. The van der Waals surface area contributed by atoms with Crippen molar-refractivity contribution in [2.24, 2.45) is 5.73 Å². The Balaban J connectivity index is 2.35. The van der Waals surface area contributed by atoms with E-state index in [4.69, 9.17) is 5.73 Å². The highest BCUT2D eigenvalue weighted by molar-refractivity contribution is 6.34. The second kappa shape index (κ2) is 5.52. The number of carbonyl (C=O) groups excluding carboxylic acids is 2. The third-order valence-electron chi connectivity index (χ3n) is 3.12. The Morgan fingerprint density at radius 2 is 1.79 bits per heavy atom. The number of amides is 2. The van der Waals surface area contributed by atoms with E-state index in [2.05, 4.69) is 0 Å². The van der Waals surface area contributed by atoms with Crippen molar-refractivity contribution < 1.29 is 9.59 Å². The molecule has 0 aromatic heterocycles. The van der Waals surface area contributed by atoms with E-state index in [0.29, 0.717) is 13.1 Å². The molecule has 2 N–H and O–H groups in total. The Labute approximate surface area is 111 Å². The summed E-state index contributed by atoms with van der Waals surface area (Å²) in [5, 5.41) is 2.20. The first kappa shape index (κ1) is 13.1. The third-order valence-corrected chi connectivity index (χ3v) is 3.12. The predicted molar refractivity (Wildman–Crippen MR) is 74.2 cm³/mol. The van der Waals surface area contributed by atoms with Crippen molar-refractivity contribution in [3.05, 3.63) is 48.0 Å². The number of primary amides is 1. The van der Waals surface area contributed by atoms with Gasteiger partial charge in [-0.25, -0.2) is 0 Å². The molecule has 0 saturated heterocycles. The summed E-state index contributed by atoms with van der Waals surface area (Å²) < 4.78 is 0. The van der Waals surface area contributed by atoms with Gasteiger partial charge in [-0.05, 0) is 23.3 Å². The lowest BCUT2D eigenvalue weighted by Gasteiger charge is -2.20. The van der Waals surface area contributed by atoms with Crippen molar-refractivity contribution >= 4 is 22.6 Å². The van der Waals surface area contributed by atoms with Crippen molar-refractivity contribution in [3.63, 3.8) is 0 Å². The lowest BCUT2D eigenvalue weighted by Crippen LogP contribution is -2.39. The van der Waals surface area contributed by atoms with E-state index in [-0.39, 0.29) is 0 Å². The molecule has 2 aromatic carbocycles. The first-order valence-electron chi connectivity index (χ1n) is 6.19. The van der Waals surface area contributed by atoms with Crippen molar-refractivity contribution in [1.82, 2.24) is 4.90 Å². The Kier molecular flexibility index (Phi) is 3.80. The maximum Gasteiger partial charge on any atom is 0.311 e. The van der Waals surface area contributed by atoms with E-state index in [0.717, 1.165) is 16.3 Å². The fraction of sp³-hybridized carbons (Fsp3) is 0.200. The molecule has 0 unspecified atom stereocenters. The maximum atomic E-state index is 11.7. The van der Waals surface area contributed by atoms with Gasteiger partial charge in [-0.15, -0.1) is 0 Å². The first-order chi connectivity index (χ1) is 9.13. The van der Waals surface area contributed by atoms with Gasteiger partial charge in [0.05, 0.1) is 0 Å². The molecule has 0 spiro atoms. The molecule has 4 nitrogen and oxygen atoms in total. The van der Waals surface area contributed by atoms with Crippen LogP contribution in [0.3, 0.4) is 0 Å². The second-order valence-corrected chi connectivity index (χ2v) is 4.32. The number of hydrogen-bond acceptors (Lipinski definition) is 2. The van der Waals surface area contributed by atoms with Crippen LogP contribution < -0.4 is 5.73 Å². The number of nitrogens with zero attached hydrogens (tertiary/aromatic N) is 1. The lowest BCUT2D eigenvalue weighted by molar-refractivity contribution is -0.144. The summed E-state index contributed by atoms with van der Waals surface area (Å²) in [6, 6.07) is 13.9. The Bertz CT molecular complexity index is 617. The van der Waals surface area contributed by atoms with Crippen LogP contribution in [0.15, 0.2) is 42.5 Å². The van der Waals surface area contributed by atoms with E-state index in [9.17, 15) is 9.59 Å². The summed E-state index contributed by atoms with van der Waals surface area (Å²) in [5.41, 5.74) is 6.06. The molecule has 0 saturated carbocycles. The number of likely N-dealkylation sites (N-methyl/N-ethyl adjacent to an activating group) is 1. The number of nitrogens with two attached hydrogens (primary N) is 1. The van der Waals surface area contributed by atoms with Crippen LogP contribution in [0.5, 0.6) is 0 Å². The zero-order chi connectivity index (χ0) is 13.8. The minimum atomic E-state index is -0.915. The Morgan fingerprint density at radius 3 is 2.47 bits per heavy atom. The molecule has 4 heteroatoms. The maximum absolute atomic E-state index is 11.7. The Hall–Kier alpha value is -2.36. The monoisotopic (exact) mass is 256 g/mol. The second-order valence-electron chi connectivity index (χ2n) is 4.32. The molecule has 0 aliphatic heterocycles. The minimum absolute atomic E-state index is 0.389. The molecule has 98 valence electrons. The molecular formula is C15H16N2O2. The zero-order valence-electron chi connectivity index (χ0n) is 10.8. The highest BCUT2D eigenvalue weighted by Crippen LogP contribution is 2.19. The number of carbonyl (C=O) groups is 2. The largest absolute Gasteiger partial charge is 0.361 e. The van der Waals surface area contributed by atoms with Gasteiger partial charge in [-0.3, -0.25) is 9.59 Å². The summed E-state index contributed by atoms with van der Waals surface area (Å²) in [6.45, 7) is 2.66. The molecule has 2 rings (SSSR count). The van der Waals surface area contributed by atoms with Crippen molar-refractivity contribution in [2.75, 3.05) is 6.54 Å². The molecule has 2 aromatic rings. The van der Waals surface area contributed by atoms with Gasteiger partial charge in [0.25, 0.3) is 0 Å². The Morgan fingerprint density at radius 1 is 1.11 bits per heavy atom. The molecule has 19 heavy (non-hydrogen) atoms.